The number of benzene rings is 2. The van der Waals surface area contributed by atoms with Crippen LogP contribution in [-0.2, 0) is 17.9 Å². The van der Waals surface area contributed by atoms with Crippen LogP contribution in [0.3, 0.4) is 0 Å². The Morgan fingerprint density at radius 1 is 1.12 bits per heavy atom. The Bertz CT molecular complexity index is 1570. The first kappa shape index (κ1) is 27.7. The number of halogens is 2. The molecule has 218 valence electrons. The van der Waals surface area contributed by atoms with Crippen molar-refractivity contribution < 1.29 is 23.4 Å². The molecule has 1 fully saturated rings. The van der Waals surface area contributed by atoms with Crippen LogP contribution in [0.1, 0.15) is 17.5 Å². The number of nitrogens with zero attached hydrogens (tertiary/aromatic N) is 6. The molecule has 4 heterocycles. The van der Waals surface area contributed by atoms with Gasteiger partial charge in [0.1, 0.15) is 17.3 Å². The van der Waals surface area contributed by atoms with Gasteiger partial charge in [-0.15, -0.1) is 0 Å². The number of ether oxygens (including phenoxy) is 3. The Morgan fingerprint density at radius 3 is 2.79 bits per heavy atom. The minimum atomic E-state index is -0.422. The number of carbonyl (C=O) groups excluding carboxylic acids is 1. The lowest BCUT2D eigenvalue weighted by atomic mass is 10.1. The SMILES string of the molecule is COc1ccc(CN2CCN(c3cc(Cl)nc(-n4ccnc4)n3)CC2CC(=O)NCc2ccc3c(c2)OCO3)cc1F. The number of amides is 1. The van der Waals surface area contributed by atoms with Crippen LogP contribution in [0.5, 0.6) is 17.2 Å². The highest BCUT2D eigenvalue weighted by Gasteiger charge is 2.30. The maximum atomic E-state index is 14.5. The number of piperazine rings is 1. The summed E-state index contributed by atoms with van der Waals surface area (Å²) in [7, 11) is 1.44. The van der Waals surface area contributed by atoms with Crippen molar-refractivity contribution in [3.63, 3.8) is 0 Å². The van der Waals surface area contributed by atoms with Gasteiger partial charge in [-0.2, -0.15) is 4.98 Å². The third-order valence-electron chi connectivity index (χ3n) is 7.28. The quantitative estimate of drug-likeness (QED) is 0.291. The number of rotatable bonds is 9. The van der Waals surface area contributed by atoms with E-state index in [1.165, 1.54) is 13.2 Å². The van der Waals surface area contributed by atoms with Gasteiger partial charge >= 0.3 is 0 Å². The lowest BCUT2D eigenvalue weighted by Gasteiger charge is -2.42. The van der Waals surface area contributed by atoms with E-state index in [2.05, 4.69) is 25.1 Å². The molecule has 0 aliphatic carbocycles. The largest absolute Gasteiger partial charge is 0.494 e. The third-order valence-corrected chi connectivity index (χ3v) is 7.48. The van der Waals surface area contributed by atoms with Crippen molar-refractivity contribution in [3.05, 3.63) is 83.3 Å². The molecule has 1 N–H and O–H groups in total. The maximum Gasteiger partial charge on any atom is 0.238 e. The highest BCUT2D eigenvalue weighted by atomic mass is 35.5. The van der Waals surface area contributed by atoms with Crippen LogP contribution >= 0.6 is 11.6 Å². The summed E-state index contributed by atoms with van der Waals surface area (Å²) >= 11 is 6.37. The number of anilines is 1. The van der Waals surface area contributed by atoms with Crippen molar-refractivity contribution in [2.45, 2.75) is 25.6 Å². The van der Waals surface area contributed by atoms with E-state index in [0.717, 1.165) is 11.1 Å². The van der Waals surface area contributed by atoms with E-state index in [4.69, 9.17) is 30.8 Å². The first-order valence-electron chi connectivity index (χ1n) is 13.4. The molecule has 2 aliphatic rings. The van der Waals surface area contributed by atoms with Gasteiger partial charge in [0.05, 0.1) is 7.11 Å². The monoisotopic (exact) mass is 593 g/mol. The van der Waals surface area contributed by atoms with E-state index < -0.39 is 5.82 Å². The maximum absolute atomic E-state index is 14.5. The van der Waals surface area contributed by atoms with E-state index >= 15 is 0 Å². The van der Waals surface area contributed by atoms with E-state index in [1.54, 1.807) is 35.4 Å². The van der Waals surface area contributed by atoms with Crippen LogP contribution in [0.2, 0.25) is 5.15 Å². The summed E-state index contributed by atoms with van der Waals surface area (Å²) in [6.45, 7) is 2.77. The van der Waals surface area contributed by atoms with Gasteiger partial charge in [0.25, 0.3) is 0 Å². The van der Waals surface area contributed by atoms with Crippen molar-refractivity contribution in [1.82, 2.24) is 29.7 Å². The molecule has 2 aromatic carbocycles. The summed E-state index contributed by atoms with van der Waals surface area (Å²) in [4.78, 5) is 30.6. The summed E-state index contributed by atoms with van der Waals surface area (Å²) in [5.41, 5.74) is 1.70. The number of aromatic nitrogens is 4. The highest BCUT2D eigenvalue weighted by Crippen LogP contribution is 2.32. The standard InChI is InChI=1S/C29H29ClFN7O4/c1-40-23-4-3-20(10-22(23)31)15-36-8-9-37(27-13-26(30)34-29(35-27)38-7-6-32-17-38)16-21(36)12-28(39)33-14-19-2-5-24-25(11-19)42-18-41-24/h2-7,10-11,13,17,21H,8-9,12,14-16,18H2,1H3,(H,33,39). The first-order valence-corrected chi connectivity index (χ1v) is 13.8. The fourth-order valence-electron chi connectivity index (χ4n) is 5.13. The molecule has 0 radical (unpaired) electrons. The Labute approximate surface area is 246 Å². The van der Waals surface area contributed by atoms with Crippen molar-refractivity contribution >= 4 is 23.3 Å². The number of hydrogen-bond donors (Lipinski definition) is 1. The second-order valence-electron chi connectivity index (χ2n) is 10.0. The zero-order valence-corrected chi connectivity index (χ0v) is 23.6. The predicted octanol–water partition coefficient (Wildman–Crippen LogP) is 3.59. The van der Waals surface area contributed by atoms with Crippen molar-refractivity contribution in [1.29, 1.82) is 0 Å². The van der Waals surface area contributed by atoms with Crippen LogP contribution in [0.25, 0.3) is 5.95 Å². The first-order chi connectivity index (χ1) is 20.4. The molecule has 0 spiro atoms. The molecule has 0 bridgehead atoms. The van der Waals surface area contributed by atoms with Gasteiger partial charge in [-0.1, -0.05) is 23.7 Å². The van der Waals surface area contributed by atoms with Crippen LogP contribution in [0.4, 0.5) is 10.2 Å². The van der Waals surface area contributed by atoms with Crippen LogP contribution in [0, 0.1) is 5.82 Å². The summed E-state index contributed by atoms with van der Waals surface area (Å²) in [6.07, 6.45) is 5.22. The van der Waals surface area contributed by atoms with Crippen LogP contribution < -0.4 is 24.4 Å². The molecule has 1 saturated heterocycles. The van der Waals surface area contributed by atoms with Gasteiger partial charge in [-0.3, -0.25) is 14.3 Å². The number of imidazole rings is 1. The molecule has 6 rings (SSSR count). The molecule has 42 heavy (non-hydrogen) atoms. The minimum Gasteiger partial charge on any atom is -0.494 e. The van der Waals surface area contributed by atoms with Crippen molar-refractivity contribution in [2.75, 3.05) is 38.4 Å². The van der Waals surface area contributed by atoms with Gasteiger partial charge in [0.15, 0.2) is 23.1 Å². The van der Waals surface area contributed by atoms with E-state index in [9.17, 15) is 9.18 Å². The Kier molecular flexibility index (Phi) is 8.06. The fourth-order valence-corrected chi connectivity index (χ4v) is 5.31. The van der Waals surface area contributed by atoms with Crippen molar-refractivity contribution in [3.8, 4) is 23.2 Å². The molecular weight excluding hydrogens is 565 g/mol. The number of carbonyl (C=O) groups is 1. The molecular formula is C29H29ClFN7O4. The summed E-state index contributed by atoms with van der Waals surface area (Å²) in [6, 6.07) is 12.1. The van der Waals surface area contributed by atoms with Crippen LogP contribution in [0.15, 0.2) is 61.2 Å². The Hall–Kier alpha value is -4.42. The van der Waals surface area contributed by atoms with E-state index in [-0.39, 0.29) is 30.9 Å². The van der Waals surface area contributed by atoms with Gasteiger partial charge in [-0.25, -0.2) is 14.4 Å². The summed E-state index contributed by atoms with van der Waals surface area (Å²) in [5.74, 6) is 2.08. The number of nitrogens with one attached hydrogen (secondary N) is 1. The molecule has 11 nitrogen and oxygen atoms in total. The van der Waals surface area contributed by atoms with Crippen LogP contribution in [-0.4, -0.2) is 69.9 Å². The normalized spacial score (nSPS) is 16.5. The molecule has 1 amide bonds. The number of hydrogen-bond acceptors (Lipinski definition) is 9. The van der Waals surface area contributed by atoms with Gasteiger partial charge in [-0.05, 0) is 35.4 Å². The number of fused-ring (bicyclic) bond motifs is 1. The Balaban J connectivity index is 1.19. The third kappa shape index (κ3) is 6.24. The second-order valence-corrected chi connectivity index (χ2v) is 10.4. The zero-order chi connectivity index (χ0) is 29.1. The zero-order valence-electron chi connectivity index (χ0n) is 22.9. The summed E-state index contributed by atoms with van der Waals surface area (Å²) in [5, 5.41) is 3.33. The smallest absolute Gasteiger partial charge is 0.238 e. The summed E-state index contributed by atoms with van der Waals surface area (Å²) < 4.78 is 32.0. The topological polar surface area (TPSA) is 107 Å². The molecule has 13 heteroatoms. The molecule has 1 unspecified atom stereocenters. The van der Waals surface area contributed by atoms with E-state index in [1.807, 2.05) is 24.3 Å². The molecule has 1 atom stereocenters. The Morgan fingerprint density at radius 2 is 1.98 bits per heavy atom. The average molecular weight is 594 g/mol. The number of methoxy groups -OCH3 is 1. The molecule has 2 aromatic heterocycles. The molecule has 4 aromatic rings. The van der Waals surface area contributed by atoms with Crippen molar-refractivity contribution in [2.24, 2.45) is 0 Å². The van der Waals surface area contributed by atoms with Gasteiger partial charge in [0.2, 0.25) is 18.6 Å². The molecule has 2 aliphatic heterocycles. The average Bonchev–Trinajstić information content (AvgIpc) is 3.69. The fraction of sp³-hybridized carbons (Fsp3) is 0.310. The predicted molar refractivity (Wildman–Crippen MR) is 153 cm³/mol. The highest BCUT2D eigenvalue weighted by molar-refractivity contribution is 6.29. The molecule has 0 saturated carbocycles. The lowest BCUT2D eigenvalue weighted by molar-refractivity contribution is -0.122. The van der Waals surface area contributed by atoms with Gasteiger partial charge < -0.3 is 24.4 Å². The minimum absolute atomic E-state index is 0.106. The van der Waals surface area contributed by atoms with E-state index in [0.29, 0.717) is 61.1 Å². The lowest BCUT2D eigenvalue weighted by Crippen LogP contribution is -2.54. The second kappa shape index (κ2) is 12.2. The van der Waals surface area contributed by atoms with Gasteiger partial charge in [0, 0.05) is 63.6 Å².